The van der Waals surface area contributed by atoms with Gasteiger partial charge in [-0.25, -0.2) is 0 Å². The van der Waals surface area contributed by atoms with Crippen molar-refractivity contribution in [3.05, 3.63) is 23.8 Å². The number of carbonyl (C=O) groups is 1. The summed E-state index contributed by atoms with van der Waals surface area (Å²) < 4.78 is 36.9. The normalized spacial score (nSPS) is 12.5. The van der Waals surface area contributed by atoms with Crippen LogP contribution in [0.1, 0.15) is 25.3 Å². The maximum atomic E-state index is 12.3. The minimum Gasteiger partial charge on any atom is -0.324 e. The molecule has 0 radical (unpaired) electrons. The van der Waals surface area contributed by atoms with Crippen LogP contribution in [0.5, 0.6) is 0 Å². The van der Waals surface area contributed by atoms with Crippen molar-refractivity contribution in [2.75, 3.05) is 11.1 Å². The van der Waals surface area contributed by atoms with E-state index in [1.165, 1.54) is 0 Å². The van der Waals surface area contributed by atoms with E-state index >= 15 is 0 Å². The van der Waals surface area contributed by atoms with E-state index in [2.05, 4.69) is 5.32 Å². The van der Waals surface area contributed by atoms with Crippen LogP contribution in [0.25, 0.3) is 0 Å². The zero-order valence-electron chi connectivity index (χ0n) is 12.4. The Balaban J connectivity index is 0.00000441. The van der Waals surface area contributed by atoms with Crippen LogP contribution < -0.4 is 11.1 Å². The van der Waals surface area contributed by atoms with Crippen LogP contribution in [-0.4, -0.2) is 23.9 Å². The Hall–Kier alpha value is -0.920. The highest BCUT2D eigenvalue weighted by Crippen LogP contribution is 2.33. The number of anilines is 1. The molecular formula is C14H20ClF3N2OS. The van der Waals surface area contributed by atoms with Gasteiger partial charge in [-0.05, 0) is 31.0 Å². The maximum absolute atomic E-state index is 12.3. The number of alkyl halides is 3. The third-order valence-corrected chi connectivity index (χ3v) is 3.86. The van der Waals surface area contributed by atoms with Gasteiger partial charge in [0.2, 0.25) is 5.91 Å². The van der Waals surface area contributed by atoms with Gasteiger partial charge in [0.05, 0.1) is 17.5 Å². The van der Waals surface area contributed by atoms with Gasteiger partial charge in [-0.15, -0.1) is 24.2 Å². The molecule has 1 aromatic carbocycles. The summed E-state index contributed by atoms with van der Waals surface area (Å²) in [5.41, 5.74) is 6.94. The highest BCUT2D eigenvalue weighted by atomic mass is 35.5. The van der Waals surface area contributed by atoms with E-state index in [9.17, 15) is 18.0 Å². The second kappa shape index (κ2) is 9.27. The Morgan fingerprint density at radius 2 is 2.05 bits per heavy atom. The molecule has 22 heavy (non-hydrogen) atoms. The first-order valence-corrected chi connectivity index (χ1v) is 7.58. The molecule has 0 bridgehead atoms. The molecule has 3 N–H and O–H groups in total. The molecule has 1 rings (SSSR count). The minimum atomic E-state index is -4.25. The highest BCUT2D eigenvalue weighted by molar-refractivity contribution is 7.99. The fraction of sp³-hybridized carbons (Fsp3) is 0.500. The van der Waals surface area contributed by atoms with Crippen LogP contribution in [-0.2, 0) is 4.79 Å². The lowest BCUT2D eigenvalue weighted by Crippen LogP contribution is -2.35. The first kappa shape index (κ1) is 21.1. The molecule has 0 aliphatic rings. The van der Waals surface area contributed by atoms with Gasteiger partial charge >= 0.3 is 6.18 Å². The van der Waals surface area contributed by atoms with Crippen molar-refractivity contribution >= 4 is 35.8 Å². The summed E-state index contributed by atoms with van der Waals surface area (Å²) in [4.78, 5) is 12.3. The summed E-state index contributed by atoms with van der Waals surface area (Å²) in [6.07, 6.45) is -2.96. The topological polar surface area (TPSA) is 55.1 Å². The monoisotopic (exact) mass is 356 g/mol. The molecule has 1 unspecified atom stereocenters. The predicted molar refractivity (Wildman–Crippen MR) is 86.7 cm³/mol. The molecule has 0 aliphatic heterocycles. The van der Waals surface area contributed by atoms with Gasteiger partial charge in [-0.2, -0.15) is 13.2 Å². The molecule has 0 heterocycles. The van der Waals surface area contributed by atoms with Gasteiger partial charge < -0.3 is 11.1 Å². The van der Waals surface area contributed by atoms with Crippen LogP contribution in [0.3, 0.4) is 0 Å². The number of carbonyl (C=O) groups excluding carboxylic acids is 1. The Morgan fingerprint density at radius 3 is 2.59 bits per heavy atom. The number of halogens is 4. The molecule has 3 nitrogen and oxygen atoms in total. The van der Waals surface area contributed by atoms with Crippen molar-refractivity contribution in [2.24, 2.45) is 5.73 Å². The Morgan fingerprint density at radius 1 is 1.41 bits per heavy atom. The number of nitrogens with two attached hydrogens (primary N) is 1. The lowest BCUT2D eigenvalue weighted by molar-refractivity contribution is -0.117. The first-order valence-electron chi connectivity index (χ1n) is 6.59. The SMILES string of the molecule is CCCC(N)C(=O)Nc1cc(C)ccc1SCC(F)(F)F.Cl. The van der Waals surface area contributed by atoms with Crippen molar-refractivity contribution in [1.82, 2.24) is 0 Å². The zero-order valence-corrected chi connectivity index (χ0v) is 14.0. The van der Waals surface area contributed by atoms with Crippen LogP contribution in [0.15, 0.2) is 23.1 Å². The molecule has 0 aliphatic carbocycles. The number of rotatable bonds is 6. The quantitative estimate of drug-likeness (QED) is 0.753. The summed E-state index contributed by atoms with van der Waals surface area (Å²) >= 11 is 0.649. The number of nitrogens with one attached hydrogen (secondary N) is 1. The van der Waals surface area contributed by atoms with Gasteiger partial charge in [0, 0.05) is 4.90 Å². The molecular weight excluding hydrogens is 337 g/mol. The molecule has 1 atom stereocenters. The van der Waals surface area contributed by atoms with Gasteiger partial charge in [0.15, 0.2) is 0 Å². The fourth-order valence-corrected chi connectivity index (χ4v) is 2.44. The van der Waals surface area contributed by atoms with Crippen LogP contribution in [0, 0.1) is 6.92 Å². The van der Waals surface area contributed by atoms with E-state index in [4.69, 9.17) is 5.73 Å². The van der Waals surface area contributed by atoms with Crippen molar-refractivity contribution in [3.8, 4) is 0 Å². The van der Waals surface area contributed by atoms with E-state index in [-0.39, 0.29) is 18.3 Å². The zero-order chi connectivity index (χ0) is 16.0. The van der Waals surface area contributed by atoms with E-state index < -0.39 is 18.0 Å². The number of amides is 1. The van der Waals surface area contributed by atoms with Gasteiger partial charge in [-0.1, -0.05) is 19.4 Å². The standard InChI is InChI=1S/C14H19F3N2OS.ClH/c1-3-4-10(18)13(20)19-11-7-9(2)5-6-12(11)21-8-14(15,16)17;/h5-7,10H,3-4,8,18H2,1-2H3,(H,19,20);1H. The molecule has 1 aromatic rings. The molecule has 0 fully saturated rings. The van der Waals surface area contributed by atoms with E-state index in [1.807, 2.05) is 6.92 Å². The fourth-order valence-electron chi connectivity index (χ4n) is 1.69. The number of aryl methyl sites for hydroxylation is 1. The lowest BCUT2D eigenvalue weighted by Gasteiger charge is -2.15. The second-order valence-corrected chi connectivity index (χ2v) is 5.81. The Bertz CT molecular complexity index is 497. The Labute approximate surface area is 138 Å². The van der Waals surface area contributed by atoms with E-state index in [0.717, 1.165) is 12.0 Å². The largest absolute Gasteiger partial charge is 0.398 e. The average Bonchev–Trinajstić information content (AvgIpc) is 2.37. The summed E-state index contributed by atoms with van der Waals surface area (Å²) in [6.45, 7) is 3.71. The molecule has 8 heteroatoms. The van der Waals surface area contributed by atoms with Gasteiger partial charge in [0.1, 0.15) is 0 Å². The minimum absolute atomic E-state index is 0. The molecule has 0 saturated carbocycles. The van der Waals surface area contributed by atoms with Gasteiger partial charge in [-0.3, -0.25) is 4.79 Å². The van der Waals surface area contributed by atoms with Gasteiger partial charge in [0.25, 0.3) is 0 Å². The van der Waals surface area contributed by atoms with Crippen molar-refractivity contribution in [1.29, 1.82) is 0 Å². The summed E-state index contributed by atoms with van der Waals surface area (Å²) in [5.74, 6) is -1.38. The molecule has 0 saturated heterocycles. The first-order chi connectivity index (χ1) is 9.73. The van der Waals surface area contributed by atoms with Crippen LogP contribution in [0.2, 0.25) is 0 Å². The molecule has 0 spiro atoms. The highest BCUT2D eigenvalue weighted by Gasteiger charge is 2.28. The lowest BCUT2D eigenvalue weighted by atomic mass is 10.1. The summed E-state index contributed by atoms with van der Waals surface area (Å²) in [6, 6.07) is 4.28. The third-order valence-electron chi connectivity index (χ3n) is 2.72. The third kappa shape index (κ3) is 7.38. The molecule has 126 valence electrons. The Kier molecular flexibility index (Phi) is 8.88. The summed E-state index contributed by atoms with van der Waals surface area (Å²) in [5, 5.41) is 2.62. The predicted octanol–water partition coefficient (Wildman–Crippen LogP) is 4.14. The summed E-state index contributed by atoms with van der Waals surface area (Å²) in [7, 11) is 0. The maximum Gasteiger partial charge on any atom is 0.398 e. The smallest absolute Gasteiger partial charge is 0.324 e. The van der Waals surface area contributed by atoms with E-state index in [1.54, 1.807) is 25.1 Å². The van der Waals surface area contributed by atoms with Crippen LogP contribution >= 0.6 is 24.2 Å². The molecule has 1 amide bonds. The van der Waals surface area contributed by atoms with Crippen molar-refractivity contribution in [2.45, 2.75) is 43.8 Å². The van der Waals surface area contributed by atoms with E-state index in [0.29, 0.717) is 28.8 Å². The van der Waals surface area contributed by atoms with Crippen LogP contribution in [0.4, 0.5) is 18.9 Å². The van der Waals surface area contributed by atoms with Crippen molar-refractivity contribution in [3.63, 3.8) is 0 Å². The second-order valence-electron chi connectivity index (χ2n) is 4.79. The average molecular weight is 357 g/mol. The number of hydrogen-bond acceptors (Lipinski definition) is 3. The van der Waals surface area contributed by atoms with Crippen molar-refractivity contribution < 1.29 is 18.0 Å². The molecule has 0 aromatic heterocycles. The number of thioether (sulfide) groups is 1. The number of hydrogen-bond donors (Lipinski definition) is 2. The number of benzene rings is 1.